The van der Waals surface area contributed by atoms with E-state index in [1.807, 2.05) is 6.92 Å². The molecule has 2 N–H and O–H groups in total. The molecule has 0 radical (unpaired) electrons. The maximum Gasteiger partial charge on any atom is 0.407 e. The predicted molar refractivity (Wildman–Crippen MR) is 97.6 cm³/mol. The summed E-state index contributed by atoms with van der Waals surface area (Å²) in [6.07, 6.45) is 1.19. The molecule has 3 amide bonds. The van der Waals surface area contributed by atoms with E-state index in [0.29, 0.717) is 26.1 Å². The molecule has 1 saturated heterocycles. The molecule has 1 aliphatic rings. The molecule has 1 heterocycles. The topological polar surface area (TPSA) is 97.0 Å². The fraction of sp³-hybridized carbons (Fsp3) is 0.833. The lowest BCUT2D eigenvalue weighted by Crippen LogP contribution is -2.49. The van der Waals surface area contributed by atoms with Crippen LogP contribution in [0.3, 0.4) is 0 Å². The van der Waals surface area contributed by atoms with Gasteiger partial charge in [0.2, 0.25) is 5.91 Å². The molecule has 0 spiro atoms. The molecule has 0 aromatic carbocycles. The van der Waals surface area contributed by atoms with E-state index in [2.05, 4.69) is 10.6 Å². The van der Waals surface area contributed by atoms with Crippen molar-refractivity contribution in [3.8, 4) is 0 Å². The molecule has 8 nitrogen and oxygen atoms in total. The third kappa shape index (κ3) is 7.59. The number of amides is 3. The molecule has 1 aliphatic heterocycles. The van der Waals surface area contributed by atoms with E-state index < -0.39 is 17.8 Å². The normalized spacial score (nSPS) is 18.8. The van der Waals surface area contributed by atoms with Crippen molar-refractivity contribution >= 4 is 17.9 Å². The van der Waals surface area contributed by atoms with Crippen molar-refractivity contribution < 1.29 is 23.9 Å². The van der Waals surface area contributed by atoms with Gasteiger partial charge in [-0.25, -0.2) is 4.79 Å². The van der Waals surface area contributed by atoms with Crippen LogP contribution in [0.25, 0.3) is 0 Å². The minimum Gasteiger partial charge on any atom is -0.444 e. The van der Waals surface area contributed by atoms with Gasteiger partial charge >= 0.3 is 6.09 Å². The highest BCUT2D eigenvalue weighted by atomic mass is 16.6. The first kappa shape index (κ1) is 22.2. The molecular weight excluding hydrogens is 338 g/mol. The smallest absolute Gasteiger partial charge is 0.407 e. The Balaban J connectivity index is 2.36. The quantitative estimate of drug-likeness (QED) is 0.657. The zero-order chi connectivity index (χ0) is 19.7. The maximum atomic E-state index is 12.4. The second-order valence-corrected chi connectivity index (χ2v) is 7.48. The van der Waals surface area contributed by atoms with Gasteiger partial charge in [0.05, 0.1) is 5.92 Å². The standard InChI is InChI=1S/C18H33N3O5/c1-6-14(25-5)16(23)21-11-7-8-13(12-21)15(22)19-9-10-20-17(24)26-18(2,3)4/h13-14H,6-12H2,1-5H3,(H,19,22)(H,20,24). The Kier molecular flexibility index (Phi) is 8.84. The van der Waals surface area contributed by atoms with Gasteiger partial charge in [0, 0.05) is 33.3 Å². The molecule has 0 bridgehead atoms. The van der Waals surface area contributed by atoms with E-state index in [1.54, 1.807) is 25.7 Å². The van der Waals surface area contributed by atoms with Crippen LogP contribution in [0, 0.1) is 5.92 Å². The van der Waals surface area contributed by atoms with E-state index in [0.717, 1.165) is 12.8 Å². The van der Waals surface area contributed by atoms with Crippen LogP contribution in [0.1, 0.15) is 47.0 Å². The van der Waals surface area contributed by atoms with E-state index in [-0.39, 0.29) is 24.3 Å². The maximum absolute atomic E-state index is 12.4. The average molecular weight is 371 g/mol. The Labute approximate surface area is 156 Å². The van der Waals surface area contributed by atoms with Crippen LogP contribution in [0.4, 0.5) is 4.79 Å². The number of likely N-dealkylation sites (tertiary alicyclic amines) is 1. The van der Waals surface area contributed by atoms with E-state index in [9.17, 15) is 14.4 Å². The zero-order valence-corrected chi connectivity index (χ0v) is 16.6. The largest absolute Gasteiger partial charge is 0.444 e. The summed E-state index contributed by atoms with van der Waals surface area (Å²) in [6.45, 7) is 8.94. The Morgan fingerprint density at radius 3 is 2.42 bits per heavy atom. The van der Waals surface area contributed by atoms with E-state index >= 15 is 0 Å². The molecule has 0 saturated carbocycles. The van der Waals surface area contributed by atoms with Crippen LogP contribution in [0.2, 0.25) is 0 Å². The molecular formula is C18H33N3O5. The highest BCUT2D eigenvalue weighted by Crippen LogP contribution is 2.18. The number of carbonyl (C=O) groups is 3. The summed E-state index contributed by atoms with van der Waals surface area (Å²) in [6, 6.07) is 0. The van der Waals surface area contributed by atoms with Gasteiger partial charge in [-0.15, -0.1) is 0 Å². The summed E-state index contributed by atoms with van der Waals surface area (Å²) < 4.78 is 10.3. The number of carbonyl (C=O) groups excluding carboxylic acids is 3. The molecule has 2 atom stereocenters. The molecule has 0 aromatic rings. The van der Waals surface area contributed by atoms with Crippen LogP contribution in [0.15, 0.2) is 0 Å². The van der Waals surface area contributed by atoms with Crippen molar-refractivity contribution in [2.75, 3.05) is 33.3 Å². The number of methoxy groups -OCH3 is 1. The van der Waals surface area contributed by atoms with Crippen LogP contribution >= 0.6 is 0 Å². The minimum atomic E-state index is -0.552. The van der Waals surface area contributed by atoms with Crippen molar-refractivity contribution in [3.63, 3.8) is 0 Å². The summed E-state index contributed by atoms with van der Waals surface area (Å²) in [5, 5.41) is 5.41. The lowest BCUT2D eigenvalue weighted by molar-refractivity contribution is -0.145. The Morgan fingerprint density at radius 2 is 1.85 bits per heavy atom. The summed E-state index contributed by atoms with van der Waals surface area (Å²) in [5.74, 6) is -0.387. The molecule has 0 aliphatic carbocycles. The molecule has 8 heteroatoms. The molecule has 0 aromatic heterocycles. The fourth-order valence-electron chi connectivity index (χ4n) is 2.85. The number of nitrogens with zero attached hydrogens (tertiary/aromatic N) is 1. The number of nitrogens with one attached hydrogen (secondary N) is 2. The van der Waals surface area contributed by atoms with E-state index in [1.165, 1.54) is 7.11 Å². The predicted octanol–water partition coefficient (Wildman–Crippen LogP) is 1.29. The SMILES string of the molecule is CCC(OC)C(=O)N1CCCC(C(=O)NCCNC(=O)OC(C)(C)C)C1. The lowest BCUT2D eigenvalue weighted by Gasteiger charge is -2.33. The van der Waals surface area contributed by atoms with Crippen molar-refractivity contribution in [1.29, 1.82) is 0 Å². The molecule has 2 unspecified atom stereocenters. The van der Waals surface area contributed by atoms with Crippen LogP contribution in [-0.2, 0) is 19.1 Å². The van der Waals surface area contributed by atoms with Crippen LogP contribution in [0.5, 0.6) is 0 Å². The van der Waals surface area contributed by atoms with E-state index in [4.69, 9.17) is 9.47 Å². The number of piperidine rings is 1. The van der Waals surface area contributed by atoms with Gasteiger partial charge < -0.3 is 25.0 Å². The average Bonchev–Trinajstić information content (AvgIpc) is 2.58. The second-order valence-electron chi connectivity index (χ2n) is 7.48. The highest BCUT2D eigenvalue weighted by molar-refractivity contribution is 5.83. The summed E-state index contributed by atoms with van der Waals surface area (Å²) in [5.41, 5.74) is -0.552. The van der Waals surface area contributed by atoms with Crippen molar-refractivity contribution in [1.82, 2.24) is 15.5 Å². The van der Waals surface area contributed by atoms with Gasteiger partial charge in [0.25, 0.3) is 5.91 Å². The lowest BCUT2D eigenvalue weighted by atomic mass is 9.96. The minimum absolute atomic E-state index is 0.0564. The van der Waals surface area contributed by atoms with Crippen LogP contribution in [-0.4, -0.2) is 67.8 Å². The number of ether oxygens (including phenoxy) is 2. The molecule has 1 rings (SSSR count). The van der Waals surface area contributed by atoms with Crippen molar-refractivity contribution in [2.45, 2.75) is 58.7 Å². The number of hydrogen-bond acceptors (Lipinski definition) is 5. The van der Waals surface area contributed by atoms with Gasteiger partial charge in [0.15, 0.2) is 0 Å². The number of alkyl carbamates (subject to hydrolysis) is 1. The first-order valence-electron chi connectivity index (χ1n) is 9.24. The molecule has 150 valence electrons. The van der Waals surface area contributed by atoms with Crippen molar-refractivity contribution in [3.05, 3.63) is 0 Å². The van der Waals surface area contributed by atoms with Gasteiger partial charge in [-0.3, -0.25) is 9.59 Å². The third-order valence-corrected chi connectivity index (χ3v) is 4.13. The van der Waals surface area contributed by atoms with Gasteiger partial charge in [-0.05, 0) is 40.0 Å². The van der Waals surface area contributed by atoms with Gasteiger partial charge in [-0.1, -0.05) is 6.92 Å². The van der Waals surface area contributed by atoms with Crippen LogP contribution < -0.4 is 10.6 Å². The third-order valence-electron chi connectivity index (χ3n) is 4.13. The van der Waals surface area contributed by atoms with Crippen molar-refractivity contribution in [2.24, 2.45) is 5.92 Å². The first-order valence-corrected chi connectivity index (χ1v) is 9.24. The Bertz CT molecular complexity index is 486. The van der Waals surface area contributed by atoms with Gasteiger partial charge in [0.1, 0.15) is 11.7 Å². The fourth-order valence-corrected chi connectivity index (χ4v) is 2.85. The number of rotatable bonds is 7. The number of hydrogen-bond donors (Lipinski definition) is 2. The summed E-state index contributed by atoms with van der Waals surface area (Å²) in [4.78, 5) is 38.0. The second kappa shape index (κ2) is 10.4. The highest BCUT2D eigenvalue weighted by Gasteiger charge is 2.31. The zero-order valence-electron chi connectivity index (χ0n) is 16.6. The summed E-state index contributed by atoms with van der Waals surface area (Å²) in [7, 11) is 1.53. The van der Waals surface area contributed by atoms with Gasteiger partial charge in [-0.2, -0.15) is 0 Å². The Morgan fingerprint density at radius 1 is 1.19 bits per heavy atom. The first-order chi connectivity index (χ1) is 12.2. The monoisotopic (exact) mass is 371 g/mol. The molecule has 1 fully saturated rings. The molecule has 26 heavy (non-hydrogen) atoms. The Hall–Kier alpha value is -1.83. The summed E-state index contributed by atoms with van der Waals surface area (Å²) >= 11 is 0.